The Morgan fingerprint density at radius 1 is 1.41 bits per heavy atom. The van der Waals surface area contributed by atoms with Gasteiger partial charge in [0.15, 0.2) is 0 Å². The number of nitrogens with zero attached hydrogens (tertiary/aromatic N) is 1. The second-order valence-electron chi connectivity index (χ2n) is 6.10. The van der Waals surface area contributed by atoms with Crippen molar-refractivity contribution < 1.29 is 0 Å². The van der Waals surface area contributed by atoms with E-state index in [2.05, 4.69) is 42.7 Å². The Labute approximate surface area is 111 Å². The summed E-state index contributed by atoms with van der Waals surface area (Å²) in [5.41, 5.74) is 0. The first-order valence-corrected chi connectivity index (χ1v) is 8.29. The van der Waals surface area contributed by atoms with E-state index in [1.165, 1.54) is 44.6 Å². The highest BCUT2D eigenvalue weighted by atomic mass is 32.2. The number of nitrogens with one attached hydrogen (secondary N) is 1. The number of piperidine rings is 1. The Hall–Kier alpha value is 0.270. The van der Waals surface area contributed by atoms with Gasteiger partial charge in [-0.25, -0.2) is 0 Å². The average molecular weight is 256 g/mol. The highest BCUT2D eigenvalue weighted by molar-refractivity contribution is 8.00. The molecule has 2 aliphatic rings. The maximum absolute atomic E-state index is 3.60. The van der Waals surface area contributed by atoms with Crippen LogP contribution in [-0.4, -0.2) is 47.6 Å². The monoisotopic (exact) mass is 256 g/mol. The summed E-state index contributed by atoms with van der Waals surface area (Å²) in [6.07, 6.45) is 4.24. The summed E-state index contributed by atoms with van der Waals surface area (Å²) in [5, 5.41) is 4.49. The second kappa shape index (κ2) is 6.44. The lowest BCUT2D eigenvalue weighted by atomic mass is 9.96. The van der Waals surface area contributed by atoms with Crippen LogP contribution in [0.5, 0.6) is 0 Å². The Kier molecular flexibility index (Phi) is 5.19. The van der Waals surface area contributed by atoms with E-state index in [4.69, 9.17) is 0 Å². The molecular weight excluding hydrogens is 228 g/mol. The third-order valence-corrected chi connectivity index (χ3v) is 5.40. The van der Waals surface area contributed by atoms with Gasteiger partial charge in [-0.2, -0.15) is 11.8 Å². The molecule has 2 nitrogen and oxygen atoms in total. The lowest BCUT2D eigenvalue weighted by Gasteiger charge is -2.37. The minimum absolute atomic E-state index is 0.632. The van der Waals surface area contributed by atoms with E-state index in [1.807, 2.05) is 0 Å². The Morgan fingerprint density at radius 3 is 2.88 bits per heavy atom. The van der Waals surface area contributed by atoms with Crippen LogP contribution in [0.2, 0.25) is 0 Å². The zero-order valence-electron chi connectivity index (χ0n) is 11.6. The van der Waals surface area contributed by atoms with Crippen molar-refractivity contribution in [3.8, 4) is 0 Å². The summed E-state index contributed by atoms with van der Waals surface area (Å²) in [7, 11) is 0. The van der Waals surface area contributed by atoms with Gasteiger partial charge in [-0.05, 0) is 38.3 Å². The van der Waals surface area contributed by atoms with E-state index < -0.39 is 0 Å². The van der Waals surface area contributed by atoms with Crippen molar-refractivity contribution in [1.29, 1.82) is 0 Å². The fourth-order valence-electron chi connectivity index (χ4n) is 3.05. The standard InChI is InChI=1S/C14H28N2S/c1-11(2)15-8-13-5-4-6-16(9-13)14-7-12(3)17-10-14/h11-15H,4-10H2,1-3H3. The Bertz CT molecular complexity index is 232. The maximum atomic E-state index is 3.60. The van der Waals surface area contributed by atoms with Gasteiger partial charge in [-0.15, -0.1) is 0 Å². The summed E-state index contributed by atoms with van der Waals surface area (Å²) >= 11 is 2.16. The first-order valence-electron chi connectivity index (χ1n) is 7.24. The van der Waals surface area contributed by atoms with Gasteiger partial charge in [-0.1, -0.05) is 20.8 Å². The zero-order chi connectivity index (χ0) is 12.3. The third kappa shape index (κ3) is 4.15. The molecule has 0 spiro atoms. The molecule has 0 bridgehead atoms. The van der Waals surface area contributed by atoms with Crippen LogP contribution in [-0.2, 0) is 0 Å². The SMILES string of the molecule is CC(C)NCC1CCCN(C2CSC(C)C2)C1. The smallest absolute Gasteiger partial charge is 0.0197 e. The van der Waals surface area contributed by atoms with Gasteiger partial charge >= 0.3 is 0 Å². The van der Waals surface area contributed by atoms with Crippen LogP contribution in [0.3, 0.4) is 0 Å². The first kappa shape index (κ1) is 13.7. The molecule has 2 aliphatic heterocycles. The molecule has 0 aromatic carbocycles. The molecule has 0 radical (unpaired) electrons. The molecule has 0 amide bonds. The average Bonchev–Trinajstić information content (AvgIpc) is 2.74. The minimum Gasteiger partial charge on any atom is -0.314 e. The van der Waals surface area contributed by atoms with E-state index in [1.54, 1.807) is 0 Å². The molecule has 0 saturated carbocycles. The van der Waals surface area contributed by atoms with Crippen molar-refractivity contribution in [3.05, 3.63) is 0 Å². The molecule has 2 heterocycles. The summed E-state index contributed by atoms with van der Waals surface area (Å²) in [4.78, 5) is 2.77. The lowest BCUT2D eigenvalue weighted by molar-refractivity contribution is 0.130. The summed E-state index contributed by atoms with van der Waals surface area (Å²) in [5.74, 6) is 2.25. The lowest BCUT2D eigenvalue weighted by Crippen LogP contribution is -2.45. The Morgan fingerprint density at radius 2 is 2.24 bits per heavy atom. The third-order valence-electron chi connectivity index (χ3n) is 4.06. The number of hydrogen-bond acceptors (Lipinski definition) is 3. The molecule has 2 saturated heterocycles. The molecule has 3 atom stereocenters. The van der Waals surface area contributed by atoms with Gasteiger partial charge in [0, 0.05) is 29.6 Å². The number of hydrogen-bond donors (Lipinski definition) is 1. The highest BCUT2D eigenvalue weighted by Crippen LogP contribution is 2.31. The normalized spacial score (nSPS) is 35.6. The second-order valence-corrected chi connectivity index (χ2v) is 7.57. The quantitative estimate of drug-likeness (QED) is 0.832. The molecule has 100 valence electrons. The van der Waals surface area contributed by atoms with Crippen molar-refractivity contribution in [2.75, 3.05) is 25.4 Å². The first-order chi connectivity index (χ1) is 8.15. The molecular formula is C14H28N2S. The van der Waals surface area contributed by atoms with Crippen LogP contribution in [0.4, 0.5) is 0 Å². The fraction of sp³-hybridized carbons (Fsp3) is 1.00. The number of rotatable bonds is 4. The van der Waals surface area contributed by atoms with E-state index in [9.17, 15) is 0 Å². The summed E-state index contributed by atoms with van der Waals surface area (Å²) in [6, 6.07) is 1.50. The Balaban J connectivity index is 1.76. The van der Waals surface area contributed by atoms with E-state index in [0.29, 0.717) is 6.04 Å². The van der Waals surface area contributed by atoms with E-state index in [-0.39, 0.29) is 0 Å². The summed E-state index contributed by atoms with van der Waals surface area (Å²) < 4.78 is 0. The molecule has 3 heteroatoms. The van der Waals surface area contributed by atoms with Crippen LogP contribution in [0.1, 0.15) is 40.0 Å². The summed E-state index contributed by atoms with van der Waals surface area (Å²) in [6.45, 7) is 10.8. The zero-order valence-corrected chi connectivity index (χ0v) is 12.4. The van der Waals surface area contributed by atoms with Crippen molar-refractivity contribution in [2.24, 2.45) is 5.92 Å². The van der Waals surface area contributed by atoms with Gasteiger partial charge in [0.05, 0.1) is 0 Å². The van der Waals surface area contributed by atoms with Gasteiger partial charge in [0.2, 0.25) is 0 Å². The van der Waals surface area contributed by atoms with Crippen LogP contribution in [0, 0.1) is 5.92 Å². The minimum atomic E-state index is 0.632. The van der Waals surface area contributed by atoms with Gasteiger partial charge in [-0.3, -0.25) is 4.90 Å². The molecule has 1 N–H and O–H groups in total. The topological polar surface area (TPSA) is 15.3 Å². The largest absolute Gasteiger partial charge is 0.314 e. The van der Waals surface area contributed by atoms with Crippen LogP contribution < -0.4 is 5.32 Å². The molecule has 17 heavy (non-hydrogen) atoms. The molecule has 2 fully saturated rings. The molecule has 0 aromatic rings. The highest BCUT2D eigenvalue weighted by Gasteiger charge is 2.30. The van der Waals surface area contributed by atoms with Crippen molar-refractivity contribution in [1.82, 2.24) is 10.2 Å². The predicted molar refractivity (Wildman–Crippen MR) is 77.8 cm³/mol. The van der Waals surface area contributed by atoms with E-state index in [0.717, 1.165) is 17.2 Å². The van der Waals surface area contributed by atoms with Gasteiger partial charge < -0.3 is 5.32 Å². The maximum Gasteiger partial charge on any atom is 0.0197 e. The van der Waals surface area contributed by atoms with Crippen LogP contribution in [0.25, 0.3) is 0 Å². The number of likely N-dealkylation sites (tertiary alicyclic amines) is 1. The van der Waals surface area contributed by atoms with Crippen LogP contribution >= 0.6 is 11.8 Å². The van der Waals surface area contributed by atoms with Crippen molar-refractivity contribution >= 4 is 11.8 Å². The molecule has 0 aromatic heterocycles. The number of thioether (sulfide) groups is 1. The van der Waals surface area contributed by atoms with Crippen molar-refractivity contribution in [2.45, 2.75) is 57.4 Å². The molecule has 3 unspecified atom stereocenters. The molecule has 2 rings (SSSR count). The van der Waals surface area contributed by atoms with Gasteiger partial charge in [0.25, 0.3) is 0 Å². The van der Waals surface area contributed by atoms with Crippen LogP contribution in [0.15, 0.2) is 0 Å². The fourth-order valence-corrected chi connectivity index (χ4v) is 4.30. The van der Waals surface area contributed by atoms with Crippen molar-refractivity contribution in [3.63, 3.8) is 0 Å². The predicted octanol–water partition coefficient (Wildman–Crippen LogP) is 2.59. The molecule has 0 aliphatic carbocycles. The van der Waals surface area contributed by atoms with Gasteiger partial charge in [0.1, 0.15) is 0 Å². The van der Waals surface area contributed by atoms with E-state index >= 15 is 0 Å².